The van der Waals surface area contributed by atoms with Crippen molar-refractivity contribution >= 4 is 11.6 Å². The van der Waals surface area contributed by atoms with E-state index in [4.69, 9.17) is 13.9 Å². The molecule has 1 heterocycles. The molecule has 0 radical (unpaired) electrons. The molecule has 2 aromatic carbocycles. The fourth-order valence-corrected chi connectivity index (χ4v) is 3.41. The van der Waals surface area contributed by atoms with Gasteiger partial charge in [-0.15, -0.1) is 0 Å². The van der Waals surface area contributed by atoms with Gasteiger partial charge in [-0.3, -0.25) is 4.79 Å². The van der Waals surface area contributed by atoms with E-state index in [0.717, 1.165) is 5.76 Å². The quantitative estimate of drug-likeness (QED) is 0.650. The second-order valence-electron chi connectivity index (χ2n) is 6.81. The summed E-state index contributed by atoms with van der Waals surface area (Å²) in [7, 11) is 3.09. The van der Waals surface area contributed by atoms with Crippen molar-refractivity contribution in [3.05, 3.63) is 76.2 Å². The number of rotatable bonds is 6. The van der Waals surface area contributed by atoms with E-state index < -0.39 is 0 Å². The van der Waals surface area contributed by atoms with Crippen molar-refractivity contribution in [1.82, 2.24) is 0 Å². The number of ether oxygens (including phenoxy) is 2. The summed E-state index contributed by atoms with van der Waals surface area (Å²) in [4.78, 5) is 12.7. The molecular weight excluding hydrogens is 354 g/mol. The van der Waals surface area contributed by atoms with Crippen LogP contribution in [0.2, 0.25) is 0 Å². The minimum Gasteiger partial charge on any atom is -0.494 e. The molecule has 0 aliphatic rings. The van der Waals surface area contributed by atoms with Gasteiger partial charge in [0.1, 0.15) is 22.9 Å². The van der Waals surface area contributed by atoms with E-state index in [1.165, 1.54) is 22.3 Å². The van der Waals surface area contributed by atoms with Gasteiger partial charge in [-0.2, -0.15) is 0 Å². The number of anilines is 1. The second kappa shape index (κ2) is 8.21. The number of hydrogen-bond donors (Lipinski definition) is 1. The predicted molar refractivity (Wildman–Crippen MR) is 110 cm³/mol. The Hall–Kier alpha value is -3.21. The van der Waals surface area contributed by atoms with Gasteiger partial charge in [-0.1, -0.05) is 23.8 Å². The maximum Gasteiger partial charge on any atom is 0.291 e. The van der Waals surface area contributed by atoms with Crippen LogP contribution in [0.4, 0.5) is 5.69 Å². The maximum absolute atomic E-state index is 12.7. The average molecular weight is 379 g/mol. The first kappa shape index (κ1) is 19.5. The number of carbonyl (C=O) groups is 1. The molecule has 5 heteroatoms. The number of para-hydroxylation sites is 1. The average Bonchev–Trinajstić information content (AvgIpc) is 3.13. The standard InChI is InChI=1S/C23H25NO4/c1-14-11-15(2)18(16(3)12-14)13-17-9-10-21(28-17)23(25)24-22-19(26-4)7-6-8-20(22)27-5/h6-12H,13H2,1-5H3,(H,24,25). The highest BCUT2D eigenvalue weighted by atomic mass is 16.5. The van der Waals surface area contributed by atoms with Gasteiger partial charge in [-0.25, -0.2) is 0 Å². The summed E-state index contributed by atoms with van der Waals surface area (Å²) in [6.07, 6.45) is 0.642. The number of benzene rings is 2. The summed E-state index contributed by atoms with van der Waals surface area (Å²) in [5.74, 6) is 1.67. The zero-order valence-corrected chi connectivity index (χ0v) is 16.9. The molecule has 1 amide bonds. The summed E-state index contributed by atoms with van der Waals surface area (Å²) in [6.45, 7) is 6.28. The van der Waals surface area contributed by atoms with Gasteiger partial charge in [0.25, 0.3) is 5.91 Å². The smallest absolute Gasteiger partial charge is 0.291 e. The Morgan fingerprint density at radius 2 is 1.57 bits per heavy atom. The van der Waals surface area contributed by atoms with Crippen LogP contribution in [0.1, 0.15) is 38.6 Å². The Morgan fingerprint density at radius 1 is 0.964 bits per heavy atom. The zero-order chi connectivity index (χ0) is 20.3. The Labute approximate surface area is 165 Å². The van der Waals surface area contributed by atoms with Crippen molar-refractivity contribution in [3.63, 3.8) is 0 Å². The normalized spacial score (nSPS) is 10.6. The predicted octanol–water partition coefficient (Wildman–Crippen LogP) is 5.07. The van der Waals surface area contributed by atoms with Crippen LogP contribution in [0.15, 0.2) is 46.9 Å². The van der Waals surface area contributed by atoms with Crippen molar-refractivity contribution in [2.45, 2.75) is 27.2 Å². The summed E-state index contributed by atoms with van der Waals surface area (Å²) in [5.41, 5.74) is 5.38. The Morgan fingerprint density at radius 3 is 2.14 bits per heavy atom. The van der Waals surface area contributed by atoms with Crippen molar-refractivity contribution in [1.29, 1.82) is 0 Å². The molecule has 0 atom stereocenters. The third-order valence-electron chi connectivity index (χ3n) is 4.74. The number of furan rings is 1. The summed E-state index contributed by atoms with van der Waals surface area (Å²) in [5, 5.41) is 2.82. The van der Waals surface area contributed by atoms with E-state index in [9.17, 15) is 4.79 Å². The van der Waals surface area contributed by atoms with Gasteiger partial charge in [0.2, 0.25) is 0 Å². The molecule has 0 saturated carbocycles. The molecule has 0 unspecified atom stereocenters. The summed E-state index contributed by atoms with van der Waals surface area (Å²) >= 11 is 0. The van der Waals surface area contributed by atoms with E-state index >= 15 is 0 Å². The lowest BCUT2D eigenvalue weighted by molar-refractivity contribution is 0.0994. The van der Waals surface area contributed by atoms with Crippen molar-refractivity contribution in [3.8, 4) is 11.5 Å². The highest BCUT2D eigenvalue weighted by molar-refractivity contribution is 6.04. The van der Waals surface area contributed by atoms with Crippen molar-refractivity contribution in [2.75, 3.05) is 19.5 Å². The summed E-state index contributed by atoms with van der Waals surface area (Å²) in [6, 6.07) is 13.2. The number of nitrogens with one attached hydrogen (secondary N) is 1. The minimum absolute atomic E-state index is 0.241. The molecule has 0 aliphatic carbocycles. The van der Waals surface area contributed by atoms with Crippen molar-refractivity contribution in [2.24, 2.45) is 0 Å². The molecule has 146 valence electrons. The Bertz CT molecular complexity index is 958. The zero-order valence-electron chi connectivity index (χ0n) is 16.9. The number of aryl methyl sites for hydroxylation is 3. The van der Waals surface area contributed by atoms with E-state index in [-0.39, 0.29) is 11.7 Å². The Kier molecular flexibility index (Phi) is 5.73. The lowest BCUT2D eigenvalue weighted by Crippen LogP contribution is -2.12. The number of carbonyl (C=O) groups excluding carboxylic acids is 1. The van der Waals surface area contributed by atoms with Crippen LogP contribution in [0.5, 0.6) is 11.5 Å². The molecule has 3 aromatic rings. The van der Waals surface area contributed by atoms with E-state index in [1.807, 2.05) is 6.07 Å². The van der Waals surface area contributed by atoms with Gasteiger partial charge in [0, 0.05) is 6.42 Å². The minimum atomic E-state index is -0.355. The van der Waals surface area contributed by atoms with Crippen molar-refractivity contribution < 1.29 is 18.7 Å². The third-order valence-corrected chi connectivity index (χ3v) is 4.74. The van der Waals surface area contributed by atoms with E-state index in [0.29, 0.717) is 23.6 Å². The molecular formula is C23H25NO4. The largest absolute Gasteiger partial charge is 0.494 e. The molecule has 0 saturated heterocycles. The highest BCUT2D eigenvalue weighted by Crippen LogP contribution is 2.34. The van der Waals surface area contributed by atoms with E-state index in [2.05, 4.69) is 38.2 Å². The topological polar surface area (TPSA) is 60.7 Å². The van der Waals surface area contributed by atoms with Gasteiger partial charge < -0.3 is 19.2 Å². The van der Waals surface area contributed by atoms with Crippen LogP contribution >= 0.6 is 0 Å². The van der Waals surface area contributed by atoms with Gasteiger partial charge in [-0.05, 0) is 61.7 Å². The molecule has 5 nitrogen and oxygen atoms in total. The fourth-order valence-electron chi connectivity index (χ4n) is 3.41. The number of amides is 1. The SMILES string of the molecule is COc1cccc(OC)c1NC(=O)c1ccc(Cc2c(C)cc(C)cc2C)o1. The number of hydrogen-bond acceptors (Lipinski definition) is 4. The molecule has 3 rings (SSSR count). The van der Waals surface area contributed by atoms with Gasteiger partial charge in [0.05, 0.1) is 14.2 Å². The lowest BCUT2D eigenvalue weighted by Gasteiger charge is -2.13. The molecule has 0 bridgehead atoms. The number of methoxy groups -OCH3 is 2. The van der Waals surface area contributed by atoms with Crippen LogP contribution in [0.25, 0.3) is 0 Å². The van der Waals surface area contributed by atoms with Crippen LogP contribution in [-0.4, -0.2) is 20.1 Å². The molecule has 0 fully saturated rings. The lowest BCUT2D eigenvalue weighted by atomic mass is 9.97. The molecule has 0 spiro atoms. The maximum atomic E-state index is 12.7. The van der Waals surface area contributed by atoms with E-state index in [1.54, 1.807) is 38.5 Å². The van der Waals surface area contributed by atoms with Gasteiger partial charge >= 0.3 is 0 Å². The molecule has 28 heavy (non-hydrogen) atoms. The summed E-state index contributed by atoms with van der Waals surface area (Å²) < 4.78 is 16.5. The molecule has 1 aromatic heterocycles. The highest BCUT2D eigenvalue weighted by Gasteiger charge is 2.18. The van der Waals surface area contributed by atoms with Crippen LogP contribution in [0.3, 0.4) is 0 Å². The fraction of sp³-hybridized carbons (Fsp3) is 0.261. The first-order valence-electron chi connectivity index (χ1n) is 9.10. The van der Waals surface area contributed by atoms with Crippen LogP contribution < -0.4 is 14.8 Å². The third kappa shape index (κ3) is 4.03. The molecule has 1 N–H and O–H groups in total. The van der Waals surface area contributed by atoms with Crippen LogP contribution in [0, 0.1) is 20.8 Å². The van der Waals surface area contributed by atoms with Crippen LogP contribution in [-0.2, 0) is 6.42 Å². The Balaban J connectivity index is 1.81. The first-order chi connectivity index (χ1) is 13.4. The molecule has 0 aliphatic heterocycles. The first-order valence-corrected chi connectivity index (χ1v) is 9.10. The second-order valence-corrected chi connectivity index (χ2v) is 6.81. The monoisotopic (exact) mass is 379 g/mol. The van der Waals surface area contributed by atoms with Gasteiger partial charge in [0.15, 0.2) is 5.76 Å².